The molecular formula is C21H23N5O4. The predicted octanol–water partition coefficient (Wildman–Crippen LogP) is 1.70. The van der Waals surface area contributed by atoms with Crippen molar-refractivity contribution in [1.29, 1.82) is 0 Å². The van der Waals surface area contributed by atoms with Gasteiger partial charge in [0, 0.05) is 31.6 Å². The number of hydrogen-bond donors (Lipinski definition) is 2. The second kappa shape index (κ2) is 8.02. The van der Waals surface area contributed by atoms with Crippen molar-refractivity contribution in [2.45, 2.75) is 18.9 Å². The lowest BCUT2D eigenvalue weighted by molar-refractivity contribution is -0.122. The first-order chi connectivity index (χ1) is 14.5. The van der Waals surface area contributed by atoms with Gasteiger partial charge in [-0.2, -0.15) is 0 Å². The van der Waals surface area contributed by atoms with E-state index < -0.39 is 0 Å². The lowest BCUT2D eigenvalue weighted by atomic mass is 10.1. The number of pyridine rings is 1. The van der Waals surface area contributed by atoms with E-state index in [4.69, 9.17) is 14.5 Å². The van der Waals surface area contributed by atoms with Crippen LogP contribution in [0.3, 0.4) is 0 Å². The number of fused-ring (bicyclic) bond motifs is 1. The van der Waals surface area contributed by atoms with Crippen LogP contribution in [0.2, 0.25) is 0 Å². The van der Waals surface area contributed by atoms with Crippen molar-refractivity contribution >= 4 is 22.6 Å². The summed E-state index contributed by atoms with van der Waals surface area (Å²) in [6.07, 6.45) is 2.59. The third-order valence-corrected chi connectivity index (χ3v) is 5.19. The van der Waals surface area contributed by atoms with Crippen LogP contribution in [0, 0.1) is 0 Å². The molecule has 0 saturated carbocycles. The van der Waals surface area contributed by atoms with Crippen LogP contribution in [0.5, 0.6) is 11.5 Å². The molecule has 0 radical (unpaired) electrons. The van der Waals surface area contributed by atoms with E-state index in [1.807, 2.05) is 12.1 Å². The summed E-state index contributed by atoms with van der Waals surface area (Å²) >= 11 is 0. The van der Waals surface area contributed by atoms with Crippen LogP contribution in [-0.2, 0) is 11.8 Å². The van der Waals surface area contributed by atoms with Crippen molar-refractivity contribution in [3.8, 4) is 22.8 Å². The molecule has 9 heteroatoms. The van der Waals surface area contributed by atoms with E-state index in [0.29, 0.717) is 53.3 Å². The fraction of sp³-hybridized carbons (Fsp3) is 0.333. The minimum Gasteiger partial charge on any atom is -0.493 e. The molecule has 30 heavy (non-hydrogen) atoms. The average molecular weight is 409 g/mol. The minimum atomic E-state index is -0.186. The highest BCUT2D eigenvalue weighted by Crippen LogP contribution is 2.33. The summed E-state index contributed by atoms with van der Waals surface area (Å²) in [4.78, 5) is 33.5. The minimum absolute atomic E-state index is 0.0241. The zero-order chi connectivity index (χ0) is 21.3. The number of methoxy groups -OCH3 is 2. The first-order valence-corrected chi connectivity index (χ1v) is 9.62. The molecule has 1 atom stereocenters. The van der Waals surface area contributed by atoms with Crippen molar-refractivity contribution in [2.75, 3.05) is 26.1 Å². The average Bonchev–Trinajstić information content (AvgIpc) is 2.77. The molecule has 0 bridgehead atoms. The molecular weight excluding hydrogens is 386 g/mol. The van der Waals surface area contributed by atoms with Crippen LogP contribution in [0.1, 0.15) is 12.8 Å². The SMILES string of the molecule is COc1ccc(-c2cc3ncn(C)c(=O)c3c(N[C@H]3CCC(=O)NC3)n2)cc1OC. The molecule has 1 saturated heterocycles. The monoisotopic (exact) mass is 409 g/mol. The van der Waals surface area contributed by atoms with Crippen molar-refractivity contribution in [3.63, 3.8) is 0 Å². The van der Waals surface area contributed by atoms with E-state index in [1.54, 1.807) is 33.4 Å². The number of carbonyl (C=O) groups is 1. The van der Waals surface area contributed by atoms with Crippen LogP contribution >= 0.6 is 0 Å². The summed E-state index contributed by atoms with van der Waals surface area (Å²) in [5.74, 6) is 1.68. The van der Waals surface area contributed by atoms with E-state index in [0.717, 1.165) is 5.56 Å². The molecule has 1 fully saturated rings. The fourth-order valence-electron chi connectivity index (χ4n) is 3.52. The lowest BCUT2D eigenvalue weighted by Crippen LogP contribution is -2.42. The molecule has 0 aliphatic carbocycles. The van der Waals surface area contributed by atoms with Crippen molar-refractivity contribution < 1.29 is 14.3 Å². The molecule has 156 valence electrons. The number of anilines is 1. The Morgan fingerprint density at radius 1 is 1.17 bits per heavy atom. The van der Waals surface area contributed by atoms with Crippen LogP contribution in [-0.4, -0.2) is 47.2 Å². The Kier molecular flexibility index (Phi) is 5.26. The smallest absolute Gasteiger partial charge is 0.264 e. The Hall–Kier alpha value is -3.62. The van der Waals surface area contributed by atoms with Crippen LogP contribution < -0.4 is 25.7 Å². The molecule has 1 aromatic carbocycles. The summed E-state index contributed by atoms with van der Waals surface area (Å²) in [6.45, 7) is 0.475. The van der Waals surface area contributed by atoms with E-state index in [9.17, 15) is 9.59 Å². The molecule has 0 unspecified atom stereocenters. The molecule has 4 rings (SSSR count). The first-order valence-electron chi connectivity index (χ1n) is 9.62. The first kappa shape index (κ1) is 19.7. The van der Waals surface area contributed by atoms with Crippen molar-refractivity contribution in [3.05, 3.63) is 40.9 Å². The number of aryl methyl sites for hydroxylation is 1. The van der Waals surface area contributed by atoms with Gasteiger partial charge in [-0.1, -0.05) is 0 Å². The third kappa shape index (κ3) is 3.66. The van der Waals surface area contributed by atoms with Gasteiger partial charge in [0.1, 0.15) is 11.2 Å². The van der Waals surface area contributed by atoms with Crippen molar-refractivity contribution in [1.82, 2.24) is 19.9 Å². The van der Waals surface area contributed by atoms with Gasteiger partial charge in [-0.3, -0.25) is 9.59 Å². The van der Waals surface area contributed by atoms with Gasteiger partial charge in [-0.15, -0.1) is 0 Å². The number of aromatic nitrogens is 3. The Morgan fingerprint density at radius 2 is 1.97 bits per heavy atom. The quantitative estimate of drug-likeness (QED) is 0.660. The summed E-state index contributed by atoms with van der Waals surface area (Å²) in [5.41, 5.74) is 1.80. The second-order valence-corrected chi connectivity index (χ2v) is 7.16. The number of benzene rings is 1. The van der Waals surface area contributed by atoms with E-state index in [2.05, 4.69) is 15.6 Å². The Morgan fingerprint density at radius 3 is 2.67 bits per heavy atom. The predicted molar refractivity (Wildman–Crippen MR) is 113 cm³/mol. The van der Waals surface area contributed by atoms with Gasteiger partial charge in [-0.25, -0.2) is 9.97 Å². The summed E-state index contributed by atoms with van der Waals surface area (Å²) < 4.78 is 12.1. The Balaban J connectivity index is 1.83. The number of amides is 1. The summed E-state index contributed by atoms with van der Waals surface area (Å²) in [7, 11) is 4.81. The van der Waals surface area contributed by atoms with Crippen LogP contribution in [0.15, 0.2) is 35.4 Å². The van der Waals surface area contributed by atoms with Gasteiger partial charge in [0.15, 0.2) is 11.5 Å². The maximum atomic E-state index is 12.8. The normalized spacial score (nSPS) is 16.2. The molecule has 1 amide bonds. The number of ether oxygens (including phenoxy) is 2. The molecule has 9 nitrogen and oxygen atoms in total. The number of piperidine rings is 1. The zero-order valence-electron chi connectivity index (χ0n) is 17.1. The number of nitrogens with one attached hydrogen (secondary N) is 2. The van der Waals surface area contributed by atoms with Gasteiger partial charge in [0.25, 0.3) is 5.56 Å². The molecule has 3 heterocycles. The van der Waals surface area contributed by atoms with E-state index in [-0.39, 0.29) is 17.5 Å². The zero-order valence-corrected chi connectivity index (χ0v) is 17.1. The number of nitrogens with zero attached hydrogens (tertiary/aromatic N) is 3. The standard InChI is InChI=1S/C21H23N5O4/c1-26-11-23-15-9-14(12-4-6-16(29-2)17(8-12)30-3)25-20(19(15)21(26)28)24-13-5-7-18(27)22-10-13/h4,6,8-9,11,13H,5,7,10H2,1-3H3,(H,22,27)(H,24,25)/t13-/m0/s1. The topological polar surface area (TPSA) is 107 Å². The second-order valence-electron chi connectivity index (χ2n) is 7.16. The van der Waals surface area contributed by atoms with Gasteiger partial charge in [0.05, 0.1) is 31.8 Å². The Labute approximate surface area is 173 Å². The van der Waals surface area contributed by atoms with Gasteiger partial charge in [-0.05, 0) is 30.7 Å². The number of hydrogen-bond acceptors (Lipinski definition) is 7. The number of carbonyl (C=O) groups excluding carboxylic acids is 1. The van der Waals surface area contributed by atoms with Gasteiger partial charge >= 0.3 is 0 Å². The molecule has 3 aromatic rings. The number of rotatable bonds is 5. The largest absolute Gasteiger partial charge is 0.493 e. The van der Waals surface area contributed by atoms with Crippen LogP contribution in [0.4, 0.5) is 5.82 Å². The highest BCUT2D eigenvalue weighted by Gasteiger charge is 2.21. The molecule has 1 aliphatic rings. The third-order valence-electron chi connectivity index (χ3n) is 5.19. The summed E-state index contributed by atoms with van der Waals surface area (Å²) in [6, 6.07) is 7.27. The highest BCUT2D eigenvalue weighted by molar-refractivity contribution is 5.91. The van der Waals surface area contributed by atoms with Gasteiger partial charge < -0.3 is 24.7 Å². The van der Waals surface area contributed by atoms with E-state index in [1.165, 1.54) is 10.9 Å². The van der Waals surface area contributed by atoms with Crippen LogP contribution in [0.25, 0.3) is 22.2 Å². The maximum Gasteiger partial charge on any atom is 0.264 e. The molecule has 0 spiro atoms. The Bertz CT molecular complexity index is 1160. The lowest BCUT2D eigenvalue weighted by Gasteiger charge is -2.24. The molecule has 1 aliphatic heterocycles. The van der Waals surface area contributed by atoms with Gasteiger partial charge in [0.2, 0.25) is 5.91 Å². The molecule has 2 aromatic heterocycles. The van der Waals surface area contributed by atoms with E-state index >= 15 is 0 Å². The maximum absolute atomic E-state index is 12.8. The molecule has 2 N–H and O–H groups in total. The van der Waals surface area contributed by atoms with Crippen molar-refractivity contribution in [2.24, 2.45) is 7.05 Å². The fourth-order valence-corrected chi connectivity index (χ4v) is 3.52. The highest BCUT2D eigenvalue weighted by atomic mass is 16.5. The summed E-state index contributed by atoms with van der Waals surface area (Å²) in [5, 5.41) is 6.60.